The SMILES string of the molecule is CCOC(=O)C(C(=O)NC(C)CN1CCCC1)C(C)(C)C. The van der Waals surface area contributed by atoms with Crippen LogP contribution in [-0.4, -0.2) is 49.1 Å². The molecule has 0 aromatic heterocycles. The summed E-state index contributed by atoms with van der Waals surface area (Å²) < 4.78 is 5.06. The molecule has 1 amide bonds. The third kappa shape index (κ3) is 5.65. The Bertz CT molecular complexity index is 357. The van der Waals surface area contributed by atoms with E-state index in [1.165, 1.54) is 12.8 Å². The normalized spacial score (nSPS) is 19.1. The monoisotopic (exact) mass is 298 g/mol. The van der Waals surface area contributed by atoms with Gasteiger partial charge in [0.05, 0.1) is 6.61 Å². The van der Waals surface area contributed by atoms with Crippen molar-refractivity contribution in [2.24, 2.45) is 11.3 Å². The molecule has 5 heteroatoms. The van der Waals surface area contributed by atoms with Crippen LogP contribution in [0.1, 0.15) is 47.5 Å². The average molecular weight is 298 g/mol. The second-order valence-electron chi connectivity index (χ2n) is 6.97. The molecular formula is C16H30N2O3. The van der Waals surface area contributed by atoms with E-state index in [4.69, 9.17) is 4.74 Å². The van der Waals surface area contributed by atoms with Gasteiger partial charge in [0, 0.05) is 12.6 Å². The van der Waals surface area contributed by atoms with Gasteiger partial charge in [-0.25, -0.2) is 0 Å². The van der Waals surface area contributed by atoms with Gasteiger partial charge < -0.3 is 15.0 Å². The van der Waals surface area contributed by atoms with Crippen LogP contribution in [0, 0.1) is 11.3 Å². The van der Waals surface area contributed by atoms with Crippen LogP contribution in [0.25, 0.3) is 0 Å². The Morgan fingerprint density at radius 2 is 1.81 bits per heavy atom. The van der Waals surface area contributed by atoms with Crippen LogP contribution in [0.2, 0.25) is 0 Å². The van der Waals surface area contributed by atoms with E-state index in [9.17, 15) is 9.59 Å². The van der Waals surface area contributed by atoms with Crippen LogP contribution >= 0.6 is 0 Å². The molecule has 2 atom stereocenters. The highest BCUT2D eigenvalue weighted by Gasteiger charge is 2.39. The molecular weight excluding hydrogens is 268 g/mol. The van der Waals surface area contributed by atoms with Gasteiger partial charge in [-0.3, -0.25) is 9.59 Å². The molecule has 5 nitrogen and oxygen atoms in total. The highest BCUT2D eigenvalue weighted by atomic mass is 16.5. The molecule has 0 spiro atoms. The number of hydrogen-bond donors (Lipinski definition) is 1. The number of hydrogen-bond acceptors (Lipinski definition) is 4. The van der Waals surface area contributed by atoms with E-state index in [1.54, 1.807) is 6.92 Å². The third-order valence-electron chi connectivity index (χ3n) is 3.77. The van der Waals surface area contributed by atoms with Gasteiger partial charge in [-0.1, -0.05) is 20.8 Å². The number of likely N-dealkylation sites (tertiary alicyclic amines) is 1. The van der Waals surface area contributed by atoms with Crippen molar-refractivity contribution in [1.29, 1.82) is 0 Å². The minimum Gasteiger partial charge on any atom is -0.465 e. The molecule has 2 unspecified atom stereocenters. The first-order valence-corrected chi connectivity index (χ1v) is 7.95. The number of rotatable bonds is 6. The summed E-state index contributed by atoms with van der Waals surface area (Å²) in [5.41, 5.74) is -0.455. The molecule has 0 aromatic carbocycles. The number of amides is 1. The molecule has 0 radical (unpaired) electrons. The van der Waals surface area contributed by atoms with Crippen LogP contribution in [0.4, 0.5) is 0 Å². The first-order chi connectivity index (χ1) is 9.75. The van der Waals surface area contributed by atoms with Gasteiger partial charge in [0.1, 0.15) is 5.92 Å². The third-order valence-corrected chi connectivity index (χ3v) is 3.77. The van der Waals surface area contributed by atoms with E-state index >= 15 is 0 Å². The van der Waals surface area contributed by atoms with Crippen molar-refractivity contribution < 1.29 is 14.3 Å². The summed E-state index contributed by atoms with van der Waals surface area (Å²) in [4.78, 5) is 26.9. The van der Waals surface area contributed by atoms with Crippen molar-refractivity contribution in [2.45, 2.75) is 53.5 Å². The highest BCUT2D eigenvalue weighted by Crippen LogP contribution is 2.27. The van der Waals surface area contributed by atoms with Crippen molar-refractivity contribution in [2.75, 3.05) is 26.2 Å². The second kappa shape index (κ2) is 7.78. The van der Waals surface area contributed by atoms with Gasteiger partial charge >= 0.3 is 5.97 Å². The fraction of sp³-hybridized carbons (Fsp3) is 0.875. The van der Waals surface area contributed by atoms with Crippen LogP contribution < -0.4 is 5.32 Å². The maximum Gasteiger partial charge on any atom is 0.319 e. The molecule has 1 fully saturated rings. The Hall–Kier alpha value is -1.10. The maximum absolute atomic E-state index is 12.5. The number of carbonyl (C=O) groups excluding carboxylic acids is 2. The minimum absolute atomic E-state index is 0.0369. The quantitative estimate of drug-likeness (QED) is 0.600. The van der Waals surface area contributed by atoms with Gasteiger partial charge in [-0.15, -0.1) is 0 Å². The van der Waals surface area contributed by atoms with E-state index in [0.717, 1.165) is 19.6 Å². The fourth-order valence-electron chi connectivity index (χ4n) is 2.80. The Morgan fingerprint density at radius 3 is 2.29 bits per heavy atom. The summed E-state index contributed by atoms with van der Waals surface area (Å²) in [7, 11) is 0. The zero-order chi connectivity index (χ0) is 16.0. The maximum atomic E-state index is 12.5. The van der Waals surface area contributed by atoms with Gasteiger partial charge in [-0.2, -0.15) is 0 Å². The van der Waals surface area contributed by atoms with Gasteiger partial charge in [0.25, 0.3) is 0 Å². The van der Waals surface area contributed by atoms with Crippen LogP contribution in [0.3, 0.4) is 0 Å². The Kier molecular flexibility index (Phi) is 6.65. The highest BCUT2D eigenvalue weighted by molar-refractivity contribution is 5.98. The summed E-state index contributed by atoms with van der Waals surface area (Å²) in [6, 6.07) is 0.0369. The lowest BCUT2D eigenvalue weighted by Crippen LogP contribution is -2.49. The zero-order valence-electron chi connectivity index (χ0n) is 14.1. The molecule has 122 valence electrons. The van der Waals surface area contributed by atoms with Crippen molar-refractivity contribution in [3.63, 3.8) is 0 Å². The van der Waals surface area contributed by atoms with Crippen molar-refractivity contribution in [3.05, 3.63) is 0 Å². The largest absolute Gasteiger partial charge is 0.465 e. The summed E-state index contributed by atoms with van der Waals surface area (Å²) in [5, 5.41) is 2.97. The summed E-state index contributed by atoms with van der Waals surface area (Å²) in [6.07, 6.45) is 2.46. The predicted molar refractivity (Wildman–Crippen MR) is 82.9 cm³/mol. The number of carbonyl (C=O) groups is 2. The Morgan fingerprint density at radius 1 is 1.24 bits per heavy atom. The Labute approximate surface area is 128 Å². The number of ether oxygens (including phenoxy) is 1. The smallest absolute Gasteiger partial charge is 0.319 e. The van der Waals surface area contributed by atoms with E-state index in [2.05, 4.69) is 10.2 Å². The van der Waals surface area contributed by atoms with E-state index < -0.39 is 17.3 Å². The molecule has 0 saturated carbocycles. The first-order valence-electron chi connectivity index (χ1n) is 7.95. The topological polar surface area (TPSA) is 58.6 Å². The molecule has 21 heavy (non-hydrogen) atoms. The molecule has 1 heterocycles. The molecule has 1 saturated heterocycles. The fourth-order valence-corrected chi connectivity index (χ4v) is 2.80. The lowest BCUT2D eigenvalue weighted by molar-refractivity contribution is -0.156. The number of nitrogens with zero attached hydrogens (tertiary/aromatic N) is 1. The zero-order valence-corrected chi connectivity index (χ0v) is 14.1. The molecule has 1 aliphatic heterocycles. The van der Waals surface area contributed by atoms with Gasteiger partial charge in [0.2, 0.25) is 5.91 Å². The van der Waals surface area contributed by atoms with Crippen LogP contribution in [0.15, 0.2) is 0 Å². The standard InChI is InChI=1S/C16H30N2O3/c1-6-21-15(20)13(16(3,4)5)14(19)17-12(2)11-18-9-7-8-10-18/h12-13H,6-11H2,1-5H3,(H,17,19). The van der Waals surface area contributed by atoms with Crippen molar-refractivity contribution >= 4 is 11.9 Å². The molecule has 0 bridgehead atoms. The van der Waals surface area contributed by atoms with Crippen molar-refractivity contribution in [3.8, 4) is 0 Å². The molecule has 0 aromatic rings. The first kappa shape index (κ1) is 18.0. The van der Waals surface area contributed by atoms with Crippen molar-refractivity contribution in [1.82, 2.24) is 10.2 Å². The molecule has 1 aliphatic rings. The van der Waals surface area contributed by atoms with Gasteiger partial charge in [-0.05, 0) is 45.2 Å². The second-order valence-corrected chi connectivity index (χ2v) is 6.97. The summed E-state index contributed by atoms with van der Waals surface area (Å²) >= 11 is 0. The number of nitrogens with one attached hydrogen (secondary N) is 1. The Balaban J connectivity index is 2.60. The average Bonchev–Trinajstić information content (AvgIpc) is 2.79. The lowest BCUT2D eigenvalue weighted by Gasteiger charge is -2.29. The summed E-state index contributed by atoms with van der Waals surface area (Å²) in [6.45, 7) is 12.7. The molecule has 1 rings (SSSR count). The predicted octanol–water partition coefficient (Wildman–Crippen LogP) is 1.81. The molecule has 1 N–H and O–H groups in total. The minimum atomic E-state index is -0.765. The number of esters is 1. The van der Waals surface area contributed by atoms with E-state index in [-0.39, 0.29) is 11.9 Å². The van der Waals surface area contributed by atoms with E-state index in [0.29, 0.717) is 6.61 Å². The lowest BCUT2D eigenvalue weighted by atomic mass is 9.80. The molecule has 0 aliphatic carbocycles. The van der Waals surface area contributed by atoms with Crippen LogP contribution in [0.5, 0.6) is 0 Å². The van der Waals surface area contributed by atoms with E-state index in [1.807, 2.05) is 27.7 Å². The van der Waals surface area contributed by atoms with Crippen LogP contribution in [-0.2, 0) is 14.3 Å². The summed E-state index contributed by atoms with van der Waals surface area (Å²) in [5.74, 6) is -1.43. The van der Waals surface area contributed by atoms with Gasteiger partial charge in [0.15, 0.2) is 0 Å².